The highest BCUT2D eigenvalue weighted by Crippen LogP contribution is 2.36. The predicted octanol–water partition coefficient (Wildman–Crippen LogP) is 3.32. The van der Waals surface area contributed by atoms with E-state index in [1.165, 1.54) is 24.9 Å². The highest BCUT2D eigenvalue weighted by molar-refractivity contribution is 9.10. The molecule has 0 aliphatic heterocycles. The van der Waals surface area contributed by atoms with Crippen molar-refractivity contribution in [3.8, 4) is 5.75 Å². The quantitative estimate of drug-likeness (QED) is 0.745. The molecular formula is C8H8BrFOS. The lowest BCUT2D eigenvalue weighted by molar-refractivity contribution is 0.395. The lowest BCUT2D eigenvalue weighted by Crippen LogP contribution is -1.90. The largest absolute Gasteiger partial charge is 0.494 e. The van der Waals surface area contributed by atoms with Crippen molar-refractivity contribution in [2.75, 3.05) is 13.4 Å². The van der Waals surface area contributed by atoms with Gasteiger partial charge in [0.15, 0.2) is 0 Å². The number of thioether (sulfide) groups is 1. The molecule has 0 amide bonds. The van der Waals surface area contributed by atoms with Gasteiger partial charge in [0.25, 0.3) is 0 Å². The normalized spacial score (nSPS) is 10.0. The maximum absolute atomic E-state index is 13.1. The van der Waals surface area contributed by atoms with Gasteiger partial charge in [-0.1, -0.05) is 0 Å². The third-order valence-corrected chi connectivity index (χ3v) is 2.84. The Hall–Kier alpha value is -0.220. The lowest BCUT2D eigenvalue weighted by atomic mass is 10.3. The topological polar surface area (TPSA) is 9.23 Å². The molecule has 4 heteroatoms. The van der Waals surface area contributed by atoms with Gasteiger partial charge in [-0.15, -0.1) is 11.8 Å². The molecule has 1 nitrogen and oxygen atoms in total. The van der Waals surface area contributed by atoms with Gasteiger partial charge in [-0.25, -0.2) is 4.39 Å². The fraction of sp³-hybridized carbons (Fsp3) is 0.250. The minimum Gasteiger partial charge on any atom is -0.494 e. The van der Waals surface area contributed by atoms with Gasteiger partial charge in [-0.2, -0.15) is 0 Å². The fourth-order valence-electron chi connectivity index (χ4n) is 0.895. The van der Waals surface area contributed by atoms with Crippen molar-refractivity contribution in [2.45, 2.75) is 4.90 Å². The fourth-order valence-corrected chi connectivity index (χ4v) is 2.16. The van der Waals surface area contributed by atoms with Crippen molar-refractivity contribution in [1.82, 2.24) is 0 Å². The van der Waals surface area contributed by atoms with E-state index >= 15 is 0 Å². The summed E-state index contributed by atoms with van der Waals surface area (Å²) >= 11 is 4.61. The first-order valence-electron chi connectivity index (χ1n) is 3.26. The molecule has 66 valence electrons. The van der Waals surface area contributed by atoms with Crippen molar-refractivity contribution in [1.29, 1.82) is 0 Å². The van der Waals surface area contributed by atoms with Gasteiger partial charge in [-0.05, 0) is 34.3 Å². The van der Waals surface area contributed by atoms with Crippen LogP contribution in [0.2, 0.25) is 0 Å². The molecule has 0 aliphatic rings. The Bertz CT molecular complexity index is 262. The molecule has 1 aromatic carbocycles. The second-order valence-electron chi connectivity index (χ2n) is 2.10. The summed E-state index contributed by atoms with van der Waals surface area (Å²) in [4.78, 5) is 0.534. The SMILES string of the molecule is COc1c(Br)ccc(F)c1SC. The molecule has 12 heavy (non-hydrogen) atoms. The zero-order valence-electron chi connectivity index (χ0n) is 6.73. The molecule has 0 aromatic heterocycles. The van der Waals surface area contributed by atoms with Crippen LogP contribution in [0.5, 0.6) is 5.75 Å². The summed E-state index contributed by atoms with van der Waals surface area (Å²) in [6, 6.07) is 3.05. The zero-order chi connectivity index (χ0) is 9.14. The summed E-state index contributed by atoms with van der Waals surface area (Å²) in [5, 5.41) is 0. The van der Waals surface area contributed by atoms with Gasteiger partial charge in [0.2, 0.25) is 0 Å². The molecule has 0 fully saturated rings. The lowest BCUT2D eigenvalue weighted by Gasteiger charge is -2.08. The Kier molecular flexibility index (Phi) is 3.40. The predicted molar refractivity (Wildman–Crippen MR) is 52.4 cm³/mol. The second kappa shape index (κ2) is 4.14. The summed E-state index contributed by atoms with van der Waals surface area (Å²) < 4.78 is 18.9. The van der Waals surface area contributed by atoms with Gasteiger partial charge in [0.05, 0.1) is 16.5 Å². The number of hydrogen-bond acceptors (Lipinski definition) is 2. The van der Waals surface area contributed by atoms with E-state index in [1.54, 1.807) is 6.07 Å². The average molecular weight is 251 g/mol. The van der Waals surface area contributed by atoms with Crippen LogP contribution in [-0.4, -0.2) is 13.4 Å². The molecule has 0 heterocycles. The van der Waals surface area contributed by atoms with Crippen LogP contribution < -0.4 is 4.74 Å². The molecule has 1 rings (SSSR count). The van der Waals surface area contributed by atoms with Crippen molar-refractivity contribution < 1.29 is 9.13 Å². The minimum atomic E-state index is -0.248. The number of benzene rings is 1. The van der Waals surface area contributed by atoms with Gasteiger partial charge < -0.3 is 4.74 Å². The van der Waals surface area contributed by atoms with Crippen molar-refractivity contribution in [3.05, 3.63) is 22.4 Å². The Morgan fingerprint density at radius 2 is 2.17 bits per heavy atom. The minimum absolute atomic E-state index is 0.248. The van der Waals surface area contributed by atoms with E-state index in [-0.39, 0.29) is 5.82 Å². The summed E-state index contributed by atoms with van der Waals surface area (Å²) in [7, 11) is 1.53. The monoisotopic (exact) mass is 250 g/mol. The second-order valence-corrected chi connectivity index (χ2v) is 3.77. The van der Waals surface area contributed by atoms with E-state index in [1.807, 2.05) is 6.26 Å². The number of methoxy groups -OCH3 is 1. The first-order valence-corrected chi connectivity index (χ1v) is 5.28. The van der Waals surface area contributed by atoms with Gasteiger partial charge in [0, 0.05) is 0 Å². The van der Waals surface area contributed by atoms with Crippen LogP contribution in [0.15, 0.2) is 21.5 Å². The molecule has 1 aromatic rings. The maximum atomic E-state index is 13.1. The molecule has 0 saturated carbocycles. The Balaban J connectivity index is 3.28. The molecule has 0 radical (unpaired) electrons. The number of rotatable bonds is 2. The molecule has 0 aliphatic carbocycles. The Labute approximate surface area is 83.4 Å². The smallest absolute Gasteiger partial charge is 0.149 e. The summed E-state index contributed by atoms with van der Waals surface area (Å²) in [6.07, 6.45) is 1.81. The summed E-state index contributed by atoms with van der Waals surface area (Å²) in [5.41, 5.74) is 0. The summed E-state index contributed by atoms with van der Waals surface area (Å²) in [5.74, 6) is 0.310. The molecule has 0 unspecified atom stereocenters. The summed E-state index contributed by atoms with van der Waals surface area (Å²) in [6.45, 7) is 0. The van der Waals surface area contributed by atoms with Crippen LogP contribution in [0.4, 0.5) is 4.39 Å². The van der Waals surface area contributed by atoms with E-state index in [0.29, 0.717) is 10.6 Å². The van der Waals surface area contributed by atoms with Crippen LogP contribution in [-0.2, 0) is 0 Å². The molecule has 0 N–H and O–H groups in total. The molecule has 0 atom stereocenters. The molecule has 0 spiro atoms. The van der Waals surface area contributed by atoms with Gasteiger partial charge in [0.1, 0.15) is 11.6 Å². The van der Waals surface area contributed by atoms with Crippen molar-refractivity contribution in [2.24, 2.45) is 0 Å². The first-order chi connectivity index (χ1) is 5.70. The van der Waals surface area contributed by atoms with Crippen LogP contribution in [0.3, 0.4) is 0 Å². The van der Waals surface area contributed by atoms with Gasteiger partial charge >= 0.3 is 0 Å². The highest BCUT2D eigenvalue weighted by atomic mass is 79.9. The molecule has 0 saturated heterocycles. The van der Waals surface area contributed by atoms with E-state index < -0.39 is 0 Å². The van der Waals surface area contributed by atoms with E-state index in [9.17, 15) is 4.39 Å². The van der Waals surface area contributed by atoms with E-state index in [2.05, 4.69) is 15.9 Å². The van der Waals surface area contributed by atoms with Crippen molar-refractivity contribution in [3.63, 3.8) is 0 Å². The number of hydrogen-bond donors (Lipinski definition) is 0. The number of ether oxygens (including phenoxy) is 1. The van der Waals surface area contributed by atoms with Crippen LogP contribution in [0, 0.1) is 5.82 Å². The van der Waals surface area contributed by atoms with Crippen LogP contribution in [0.1, 0.15) is 0 Å². The van der Waals surface area contributed by atoms with E-state index in [0.717, 1.165) is 4.47 Å². The first kappa shape index (κ1) is 9.86. The van der Waals surface area contributed by atoms with Crippen LogP contribution in [0.25, 0.3) is 0 Å². The molecule has 0 bridgehead atoms. The maximum Gasteiger partial charge on any atom is 0.149 e. The van der Waals surface area contributed by atoms with Gasteiger partial charge in [-0.3, -0.25) is 0 Å². The van der Waals surface area contributed by atoms with E-state index in [4.69, 9.17) is 4.74 Å². The third-order valence-electron chi connectivity index (χ3n) is 1.42. The van der Waals surface area contributed by atoms with Crippen molar-refractivity contribution >= 4 is 27.7 Å². The van der Waals surface area contributed by atoms with Crippen LogP contribution >= 0.6 is 27.7 Å². The third kappa shape index (κ3) is 1.75. The molecular weight excluding hydrogens is 243 g/mol. The Morgan fingerprint density at radius 1 is 1.50 bits per heavy atom. The number of halogens is 2. The average Bonchev–Trinajstić information content (AvgIpc) is 2.08. The Morgan fingerprint density at radius 3 is 2.58 bits per heavy atom. The zero-order valence-corrected chi connectivity index (χ0v) is 9.13. The highest BCUT2D eigenvalue weighted by Gasteiger charge is 2.11. The standard InChI is InChI=1S/C8H8BrFOS/c1-11-7-5(9)3-4-6(10)8(7)12-2/h3-4H,1-2H3.